The quantitative estimate of drug-likeness (QED) is 0.715. The first-order valence-corrected chi connectivity index (χ1v) is 10.4. The second-order valence-corrected chi connectivity index (χ2v) is 8.69. The van der Waals surface area contributed by atoms with Gasteiger partial charge < -0.3 is 19.1 Å². The summed E-state index contributed by atoms with van der Waals surface area (Å²) in [7, 11) is 0. The largest absolute Gasteiger partial charge is 0.444 e. The highest BCUT2D eigenvalue weighted by molar-refractivity contribution is 5.68. The fraction of sp³-hybridized carbons (Fsp3) is 0.682. The van der Waals surface area contributed by atoms with Crippen LogP contribution in [-0.2, 0) is 20.8 Å². The van der Waals surface area contributed by atoms with Crippen molar-refractivity contribution < 1.29 is 19.0 Å². The Morgan fingerprint density at radius 2 is 1.64 bits per heavy atom. The Bertz CT molecular complexity index is 603. The van der Waals surface area contributed by atoms with Gasteiger partial charge in [-0.3, -0.25) is 4.90 Å². The average molecular weight is 391 g/mol. The van der Waals surface area contributed by atoms with E-state index in [1.165, 1.54) is 5.56 Å². The summed E-state index contributed by atoms with van der Waals surface area (Å²) < 4.78 is 17.3. The van der Waals surface area contributed by atoms with Crippen molar-refractivity contribution in [1.29, 1.82) is 0 Å². The van der Waals surface area contributed by atoms with Crippen molar-refractivity contribution in [3.8, 4) is 0 Å². The lowest BCUT2D eigenvalue weighted by Gasteiger charge is -2.37. The van der Waals surface area contributed by atoms with Crippen LogP contribution < -0.4 is 0 Å². The lowest BCUT2D eigenvalue weighted by Crippen LogP contribution is -2.50. The molecule has 1 amide bonds. The van der Waals surface area contributed by atoms with E-state index in [0.29, 0.717) is 31.9 Å². The summed E-state index contributed by atoms with van der Waals surface area (Å²) in [5.41, 5.74) is 0.783. The van der Waals surface area contributed by atoms with Gasteiger partial charge in [-0.1, -0.05) is 30.3 Å². The van der Waals surface area contributed by atoms with Crippen LogP contribution in [0, 0.1) is 0 Å². The van der Waals surface area contributed by atoms with E-state index in [9.17, 15) is 4.79 Å². The molecule has 0 unspecified atom stereocenters. The number of amides is 1. The van der Waals surface area contributed by atoms with Gasteiger partial charge in [-0.25, -0.2) is 4.79 Å². The molecule has 156 valence electrons. The van der Waals surface area contributed by atoms with E-state index >= 15 is 0 Å². The van der Waals surface area contributed by atoms with Gasteiger partial charge in [0.2, 0.25) is 0 Å². The Morgan fingerprint density at radius 3 is 2.29 bits per heavy atom. The fourth-order valence-corrected chi connectivity index (χ4v) is 3.41. The third-order valence-electron chi connectivity index (χ3n) is 5.17. The van der Waals surface area contributed by atoms with Gasteiger partial charge in [0.25, 0.3) is 0 Å². The van der Waals surface area contributed by atoms with Crippen molar-refractivity contribution in [2.24, 2.45) is 0 Å². The Hall–Kier alpha value is -1.63. The van der Waals surface area contributed by atoms with Crippen molar-refractivity contribution >= 4 is 6.09 Å². The first-order chi connectivity index (χ1) is 13.4. The van der Waals surface area contributed by atoms with Crippen LogP contribution >= 0.6 is 0 Å². The van der Waals surface area contributed by atoms with Crippen LogP contribution in [0.3, 0.4) is 0 Å². The lowest BCUT2D eigenvalue weighted by atomic mass is 9.92. The van der Waals surface area contributed by atoms with E-state index in [1.54, 1.807) is 4.90 Å². The summed E-state index contributed by atoms with van der Waals surface area (Å²) >= 11 is 0. The molecule has 2 aliphatic rings. The minimum absolute atomic E-state index is 0.209. The number of rotatable bonds is 7. The zero-order valence-corrected chi connectivity index (χ0v) is 17.4. The van der Waals surface area contributed by atoms with E-state index in [1.807, 2.05) is 39.0 Å². The third kappa shape index (κ3) is 6.76. The van der Waals surface area contributed by atoms with Crippen LogP contribution in [0.25, 0.3) is 0 Å². The molecule has 0 N–H and O–H groups in total. The Morgan fingerprint density at radius 1 is 1.00 bits per heavy atom. The Balaban J connectivity index is 1.22. The molecule has 28 heavy (non-hydrogen) atoms. The second kappa shape index (κ2) is 9.72. The number of ether oxygens (including phenoxy) is 3. The molecule has 1 saturated heterocycles. The predicted octanol–water partition coefficient (Wildman–Crippen LogP) is 3.30. The molecule has 1 aromatic rings. The van der Waals surface area contributed by atoms with Crippen molar-refractivity contribution in [3.05, 3.63) is 35.9 Å². The summed E-state index contributed by atoms with van der Waals surface area (Å²) in [5, 5.41) is 0. The van der Waals surface area contributed by atoms with Gasteiger partial charge in [-0.2, -0.15) is 0 Å². The van der Waals surface area contributed by atoms with Gasteiger partial charge >= 0.3 is 6.09 Å². The Kier molecular flexibility index (Phi) is 7.32. The van der Waals surface area contributed by atoms with Crippen LogP contribution in [0.4, 0.5) is 4.79 Å². The molecule has 0 aromatic heterocycles. The van der Waals surface area contributed by atoms with Gasteiger partial charge in [0.1, 0.15) is 5.60 Å². The molecule has 0 spiro atoms. The molecule has 0 atom stereocenters. The van der Waals surface area contributed by atoms with E-state index in [-0.39, 0.29) is 6.09 Å². The molecular weight excluding hydrogens is 356 g/mol. The summed E-state index contributed by atoms with van der Waals surface area (Å²) in [6, 6.07) is 10.3. The SMILES string of the molecule is CC(C)(C)OC(=O)N1CCN(CCO[C@H]2C[C@@H](OCc3ccccc3)C2)CC1. The molecule has 6 heteroatoms. The number of hydrogen-bond donors (Lipinski definition) is 0. The molecule has 0 bridgehead atoms. The zero-order chi connectivity index (χ0) is 20.0. The normalized spacial score (nSPS) is 23.3. The average Bonchev–Trinajstić information content (AvgIpc) is 2.62. The molecule has 3 rings (SSSR count). The molecule has 2 fully saturated rings. The van der Waals surface area contributed by atoms with Crippen molar-refractivity contribution in [1.82, 2.24) is 9.80 Å². The van der Waals surface area contributed by atoms with Crippen LogP contribution in [0.2, 0.25) is 0 Å². The lowest BCUT2D eigenvalue weighted by molar-refractivity contribution is -0.109. The predicted molar refractivity (Wildman–Crippen MR) is 108 cm³/mol. The molecule has 1 aromatic carbocycles. The highest BCUT2D eigenvalue weighted by Crippen LogP contribution is 2.27. The zero-order valence-electron chi connectivity index (χ0n) is 17.4. The molecule has 1 aliphatic heterocycles. The van der Waals surface area contributed by atoms with Gasteiger partial charge in [-0.05, 0) is 39.2 Å². The third-order valence-corrected chi connectivity index (χ3v) is 5.17. The van der Waals surface area contributed by atoms with Crippen molar-refractivity contribution in [2.75, 3.05) is 39.3 Å². The Labute approximate surface area is 168 Å². The number of nitrogens with zero attached hydrogens (tertiary/aromatic N) is 2. The van der Waals surface area contributed by atoms with E-state index in [2.05, 4.69) is 17.0 Å². The standard InChI is InChI=1S/C22H34N2O4/c1-22(2,3)28-21(25)24-11-9-23(10-12-24)13-14-26-19-15-20(16-19)27-17-18-7-5-4-6-8-18/h4-8,19-20H,9-17H2,1-3H3/t19-,20+. The van der Waals surface area contributed by atoms with Crippen molar-refractivity contribution in [2.45, 2.75) is 58.0 Å². The maximum absolute atomic E-state index is 12.1. The number of hydrogen-bond acceptors (Lipinski definition) is 5. The maximum atomic E-state index is 12.1. The smallest absolute Gasteiger partial charge is 0.410 e. The van der Waals surface area contributed by atoms with E-state index in [4.69, 9.17) is 14.2 Å². The van der Waals surface area contributed by atoms with Crippen LogP contribution in [0.1, 0.15) is 39.2 Å². The summed E-state index contributed by atoms with van der Waals surface area (Å²) in [5.74, 6) is 0. The van der Waals surface area contributed by atoms with Crippen LogP contribution in [-0.4, -0.2) is 73.0 Å². The summed E-state index contributed by atoms with van der Waals surface area (Å²) in [6.45, 7) is 11.2. The van der Waals surface area contributed by atoms with Gasteiger partial charge in [0, 0.05) is 32.7 Å². The van der Waals surface area contributed by atoms with Crippen LogP contribution in [0.5, 0.6) is 0 Å². The summed E-state index contributed by atoms with van der Waals surface area (Å²) in [6.07, 6.45) is 2.41. The molecule has 1 aliphatic carbocycles. The van der Waals surface area contributed by atoms with Crippen molar-refractivity contribution in [3.63, 3.8) is 0 Å². The van der Waals surface area contributed by atoms with Gasteiger partial charge in [-0.15, -0.1) is 0 Å². The highest BCUT2D eigenvalue weighted by Gasteiger charge is 2.31. The van der Waals surface area contributed by atoms with E-state index < -0.39 is 5.60 Å². The molecule has 1 saturated carbocycles. The summed E-state index contributed by atoms with van der Waals surface area (Å²) in [4.78, 5) is 16.2. The topological polar surface area (TPSA) is 51.2 Å². The maximum Gasteiger partial charge on any atom is 0.410 e. The first kappa shape index (κ1) is 21.1. The molecule has 6 nitrogen and oxygen atoms in total. The first-order valence-electron chi connectivity index (χ1n) is 10.4. The van der Waals surface area contributed by atoms with Gasteiger partial charge in [0.15, 0.2) is 0 Å². The number of carbonyl (C=O) groups is 1. The monoisotopic (exact) mass is 390 g/mol. The molecular formula is C22H34N2O4. The highest BCUT2D eigenvalue weighted by atomic mass is 16.6. The fourth-order valence-electron chi connectivity index (χ4n) is 3.41. The minimum Gasteiger partial charge on any atom is -0.444 e. The van der Waals surface area contributed by atoms with E-state index in [0.717, 1.165) is 39.1 Å². The number of benzene rings is 1. The van der Waals surface area contributed by atoms with Gasteiger partial charge in [0.05, 0.1) is 25.4 Å². The van der Waals surface area contributed by atoms with Crippen LogP contribution in [0.15, 0.2) is 30.3 Å². The molecule has 1 heterocycles. The second-order valence-electron chi connectivity index (χ2n) is 8.69. The number of carbonyl (C=O) groups excluding carboxylic acids is 1. The minimum atomic E-state index is -0.437. The molecule has 0 radical (unpaired) electrons. The number of piperazine rings is 1.